The number of hydrogen-bond acceptors (Lipinski definition) is 2. The number of H-pyrrole nitrogens is 1. The van der Waals surface area contributed by atoms with Crippen LogP contribution in [0.15, 0.2) is 91.1 Å². The molecular weight excluding hydrogens is 399 g/mol. The van der Waals surface area contributed by atoms with E-state index in [4.69, 9.17) is 4.74 Å². The van der Waals surface area contributed by atoms with E-state index < -0.39 is 0 Å². The lowest BCUT2D eigenvalue weighted by atomic mass is 10.0. The topological polar surface area (TPSA) is 37.0 Å². The Kier molecular flexibility index (Phi) is 5.86. The van der Waals surface area contributed by atoms with Crippen LogP contribution in [0.2, 0.25) is 0 Å². The number of rotatable bonds is 8. The van der Waals surface area contributed by atoms with Crippen molar-refractivity contribution in [3.05, 3.63) is 114 Å². The van der Waals surface area contributed by atoms with E-state index >= 15 is 0 Å². The second kappa shape index (κ2) is 9.25. The third kappa shape index (κ3) is 4.36. The van der Waals surface area contributed by atoms with Crippen LogP contribution in [-0.4, -0.2) is 11.5 Å². The molecule has 0 atom stereocenters. The Hall–Kier alpha value is -3.63. The molecule has 1 aromatic heterocycles. The summed E-state index contributed by atoms with van der Waals surface area (Å²) in [6.45, 7) is 1.98. The maximum absolute atomic E-state index is 13.2. The molecule has 0 saturated heterocycles. The Morgan fingerprint density at radius 1 is 0.812 bits per heavy atom. The molecule has 5 aromatic rings. The second-order valence-corrected chi connectivity index (χ2v) is 7.96. The Bertz CT molecular complexity index is 1340. The minimum absolute atomic E-state index is 0.237. The first kappa shape index (κ1) is 20.3. The van der Waals surface area contributed by atoms with Crippen LogP contribution < -0.4 is 10.1 Å². The van der Waals surface area contributed by atoms with Crippen molar-refractivity contribution in [2.24, 2.45) is 0 Å². The lowest BCUT2D eigenvalue weighted by molar-refractivity contribution is 0.302. The highest BCUT2D eigenvalue weighted by molar-refractivity contribution is 5.87. The lowest BCUT2D eigenvalue weighted by Crippen LogP contribution is -2.17. The molecule has 1 heterocycles. The molecule has 160 valence electrons. The van der Waals surface area contributed by atoms with Crippen LogP contribution in [0.3, 0.4) is 0 Å². The molecule has 32 heavy (non-hydrogen) atoms. The van der Waals surface area contributed by atoms with Gasteiger partial charge in [-0.2, -0.15) is 0 Å². The van der Waals surface area contributed by atoms with Gasteiger partial charge in [0.05, 0.1) is 0 Å². The molecule has 0 saturated carbocycles. The van der Waals surface area contributed by atoms with Crippen LogP contribution in [0.25, 0.3) is 21.7 Å². The average molecular weight is 425 g/mol. The standard InChI is InChI=1S/C28H25FN2O/c29-23-12-9-20(10-13-23)19-32-28-14-11-21-5-1-2-6-24(21)26(28)18-30-16-15-22-17-31-27-8-4-3-7-25(22)27/h1-14,17,30-31H,15-16,18-19H2. The number of aromatic amines is 1. The van der Waals surface area contributed by atoms with Gasteiger partial charge in [0.1, 0.15) is 18.2 Å². The minimum Gasteiger partial charge on any atom is -0.489 e. The molecule has 0 aliphatic carbocycles. The molecule has 2 N–H and O–H groups in total. The molecule has 4 heteroatoms. The number of fused-ring (bicyclic) bond motifs is 2. The molecule has 0 amide bonds. The van der Waals surface area contributed by atoms with Crippen molar-refractivity contribution in [3.8, 4) is 5.75 Å². The molecule has 4 aromatic carbocycles. The van der Waals surface area contributed by atoms with Crippen molar-refractivity contribution >= 4 is 21.7 Å². The molecule has 0 fully saturated rings. The fourth-order valence-corrected chi connectivity index (χ4v) is 4.15. The third-order valence-corrected chi connectivity index (χ3v) is 5.85. The van der Waals surface area contributed by atoms with Gasteiger partial charge in [0.25, 0.3) is 0 Å². The molecule has 0 spiro atoms. The van der Waals surface area contributed by atoms with Gasteiger partial charge in [0.2, 0.25) is 0 Å². The number of hydrogen-bond donors (Lipinski definition) is 2. The summed E-state index contributed by atoms with van der Waals surface area (Å²) in [4.78, 5) is 3.34. The molecule has 0 unspecified atom stereocenters. The van der Waals surface area contributed by atoms with E-state index in [9.17, 15) is 4.39 Å². The predicted molar refractivity (Wildman–Crippen MR) is 128 cm³/mol. The van der Waals surface area contributed by atoms with Gasteiger partial charge in [-0.3, -0.25) is 0 Å². The number of para-hydroxylation sites is 1. The minimum atomic E-state index is -0.237. The first-order chi connectivity index (χ1) is 15.8. The Balaban J connectivity index is 1.30. The van der Waals surface area contributed by atoms with Crippen molar-refractivity contribution in [3.63, 3.8) is 0 Å². The van der Waals surface area contributed by atoms with Crippen LogP contribution in [0.5, 0.6) is 5.75 Å². The largest absolute Gasteiger partial charge is 0.489 e. The van der Waals surface area contributed by atoms with Crippen LogP contribution in [-0.2, 0) is 19.6 Å². The van der Waals surface area contributed by atoms with E-state index in [2.05, 4.69) is 71.1 Å². The highest BCUT2D eigenvalue weighted by atomic mass is 19.1. The summed E-state index contributed by atoms with van der Waals surface area (Å²) in [6, 6.07) is 27.3. The highest BCUT2D eigenvalue weighted by Crippen LogP contribution is 2.29. The summed E-state index contributed by atoms with van der Waals surface area (Å²) in [5, 5.41) is 7.25. The van der Waals surface area contributed by atoms with Gasteiger partial charge >= 0.3 is 0 Å². The highest BCUT2D eigenvalue weighted by Gasteiger charge is 2.10. The predicted octanol–water partition coefficient (Wildman–Crippen LogP) is 6.37. The summed E-state index contributed by atoms with van der Waals surface area (Å²) in [6.07, 6.45) is 3.04. The molecule has 0 aliphatic heterocycles. The molecule has 0 bridgehead atoms. The van der Waals surface area contributed by atoms with E-state index in [1.165, 1.54) is 39.4 Å². The van der Waals surface area contributed by atoms with Crippen molar-refractivity contribution in [2.45, 2.75) is 19.6 Å². The number of aromatic nitrogens is 1. The summed E-state index contributed by atoms with van der Waals surface area (Å²) >= 11 is 0. The first-order valence-electron chi connectivity index (χ1n) is 10.9. The molecule has 5 rings (SSSR count). The summed E-state index contributed by atoms with van der Waals surface area (Å²) < 4.78 is 19.4. The fraction of sp³-hybridized carbons (Fsp3) is 0.143. The SMILES string of the molecule is Fc1ccc(COc2ccc3ccccc3c2CNCCc2c[nH]c3ccccc23)cc1. The van der Waals surface area contributed by atoms with Crippen molar-refractivity contribution in [2.75, 3.05) is 6.54 Å². The van der Waals surface area contributed by atoms with Crippen molar-refractivity contribution < 1.29 is 9.13 Å². The monoisotopic (exact) mass is 424 g/mol. The van der Waals surface area contributed by atoms with E-state index in [0.29, 0.717) is 13.2 Å². The summed E-state index contributed by atoms with van der Waals surface area (Å²) in [7, 11) is 0. The van der Waals surface area contributed by atoms with Gasteiger partial charge in [0, 0.05) is 29.2 Å². The summed E-state index contributed by atoms with van der Waals surface area (Å²) in [5.74, 6) is 0.618. The number of nitrogens with one attached hydrogen (secondary N) is 2. The zero-order chi connectivity index (χ0) is 21.8. The van der Waals surface area contributed by atoms with Gasteiger partial charge in [-0.25, -0.2) is 4.39 Å². The second-order valence-electron chi connectivity index (χ2n) is 7.96. The summed E-state index contributed by atoms with van der Waals surface area (Å²) in [5.41, 5.74) is 4.58. The average Bonchev–Trinajstić information content (AvgIpc) is 3.25. The Morgan fingerprint density at radius 3 is 2.47 bits per heavy atom. The maximum Gasteiger partial charge on any atom is 0.124 e. The van der Waals surface area contributed by atoms with Gasteiger partial charge < -0.3 is 15.0 Å². The molecule has 3 nitrogen and oxygen atoms in total. The molecular formula is C28H25FN2O. The number of ether oxygens (including phenoxy) is 1. The zero-order valence-electron chi connectivity index (χ0n) is 17.8. The third-order valence-electron chi connectivity index (χ3n) is 5.85. The smallest absolute Gasteiger partial charge is 0.124 e. The lowest BCUT2D eigenvalue weighted by Gasteiger charge is -2.15. The van der Waals surface area contributed by atoms with E-state index in [1.54, 1.807) is 12.1 Å². The van der Waals surface area contributed by atoms with Crippen molar-refractivity contribution in [1.82, 2.24) is 10.3 Å². The van der Waals surface area contributed by atoms with Gasteiger partial charge in [-0.05, 0) is 59.1 Å². The van der Waals surface area contributed by atoms with E-state index in [0.717, 1.165) is 29.8 Å². The normalized spacial score (nSPS) is 11.3. The first-order valence-corrected chi connectivity index (χ1v) is 10.9. The molecule has 0 radical (unpaired) electrons. The Labute approximate surface area is 186 Å². The van der Waals surface area contributed by atoms with E-state index in [1.807, 2.05) is 6.07 Å². The van der Waals surface area contributed by atoms with Crippen LogP contribution in [0.1, 0.15) is 16.7 Å². The fourth-order valence-electron chi connectivity index (χ4n) is 4.15. The van der Waals surface area contributed by atoms with Gasteiger partial charge in [-0.15, -0.1) is 0 Å². The van der Waals surface area contributed by atoms with Gasteiger partial charge in [0.15, 0.2) is 0 Å². The van der Waals surface area contributed by atoms with Crippen LogP contribution >= 0.6 is 0 Å². The quantitative estimate of drug-likeness (QED) is 0.284. The Morgan fingerprint density at radius 2 is 1.59 bits per heavy atom. The number of halogens is 1. The zero-order valence-corrected chi connectivity index (χ0v) is 17.8. The molecule has 0 aliphatic rings. The van der Waals surface area contributed by atoms with Crippen LogP contribution in [0.4, 0.5) is 4.39 Å². The van der Waals surface area contributed by atoms with Crippen molar-refractivity contribution in [1.29, 1.82) is 0 Å². The van der Waals surface area contributed by atoms with Gasteiger partial charge in [-0.1, -0.05) is 60.7 Å². The maximum atomic E-state index is 13.2. The van der Waals surface area contributed by atoms with E-state index in [-0.39, 0.29) is 5.82 Å². The number of benzene rings is 4. The van der Waals surface area contributed by atoms with Crippen LogP contribution in [0, 0.1) is 5.82 Å².